The molecule has 1 N–H and O–H groups in total. The van der Waals surface area contributed by atoms with Crippen molar-refractivity contribution in [2.75, 3.05) is 7.11 Å². The molecule has 1 aromatic heterocycles. The van der Waals surface area contributed by atoms with Crippen LogP contribution in [0, 0.1) is 0 Å². The van der Waals surface area contributed by atoms with Crippen molar-refractivity contribution in [1.82, 2.24) is 14.8 Å². The van der Waals surface area contributed by atoms with Crippen LogP contribution < -0.4 is 4.74 Å². The van der Waals surface area contributed by atoms with E-state index in [0.29, 0.717) is 18.7 Å². The second kappa shape index (κ2) is 5.55. The Morgan fingerprint density at radius 3 is 3.00 bits per heavy atom. The first-order valence-corrected chi connectivity index (χ1v) is 6.97. The van der Waals surface area contributed by atoms with Crippen molar-refractivity contribution < 1.29 is 14.6 Å². The molecule has 1 atom stereocenters. The topological polar surface area (TPSA) is 77.2 Å². The molecule has 1 aliphatic heterocycles. The molecule has 0 bridgehead atoms. The summed E-state index contributed by atoms with van der Waals surface area (Å²) < 4.78 is 7.29. The molecule has 0 radical (unpaired) electrons. The second-order valence-corrected chi connectivity index (χ2v) is 5.15. The monoisotopic (exact) mass is 287 g/mol. The largest absolute Gasteiger partial charge is 0.496 e. The first kappa shape index (κ1) is 13.6. The maximum atomic E-state index is 11.3. The van der Waals surface area contributed by atoms with Gasteiger partial charge in [0.15, 0.2) is 0 Å². The Balaban J connectivity index is 1.93. The highest BCUT2D eigenvalue weighted by Crippen LogP contribution is 2.28. The van der Waals surface area contributed by atoms with Gasteiger partial charge in [0.05, 0.1) is 7.11 Å². The standard InChI is InChI=1S/C15H17N3O3/c1-21-12-7-3-2-5-10(12)9-13-16-17-14-11(15(19)20)6-4-8-18(13)14/h2-3,5,7,11H,4,6,8-9H2,1H3,(H,19,20). The van der Waals surface area contributed by atoms with Gasteiger partial charge in [-0.2, -0.15) is 0 Å². The Bertz CT molecular complexity index is 666. The van der Waals surface area contributed by atoms with Crippen molar-refractivity contribution in [3.63, 3.8) is 0 Å². The highest BCUT2D eigenvalue weighted by atomic mass is 16.5. The lowest BCUT2D eigenvalue weighted by Gasteiger charge is -2.20. The quantitative estimate of drug-likeness (QED) is 0.928. The molecule has 2 aromatic rings. The van der Waals surface area contributed by atoms with Gasteiger partial charge in [-0.3, -0.25) is 4.79 Å². The van der Waals surface area contributed by atoms with Crippen LogP contribution in [0.4, 0.5) is 0 Å². The van der Waals surface area contributed by atoms with Crippen LogP contribution in [0.5, 0.6) is 5.75 Å². The third kappa shape index (κ3) is 2.49. The number of carboxylic acid groups (broad SMARTS) is 1. The lowest BCUT2D eigenvalue weighted by Crippen LogP contribution is -2.23. The van der Waals surface area contributed by atoms with Gasteiger partial charge in [0, 0.05) is 18.5 Å². The SMILES string of the molecule is COc1ccccc1Cc1nnc2n1CCCC2C(=O)O. The van der Waals surface area contributed by atoms with E-state index in [1.54, 1.807) is 7.11 Å². The first-order valence-electron chi connectivity index (χ1n) is 6.97. The van der Waals surface area contributed by atoms with Crippen LogP contribution in [0.1, 0.15) is 36.0 Å². The molecular formula is C15H17N3O3. The predicted molar refractivity (Wildman–Crippen MR) is 75.4 cm³/mol. The Labute approximate surface area is 122 Å². The Morgan fingerprint density at radius 2 is 2.24 bits per heavy atom. The number of rotatable bonds is 4. The number of benzene rings is 1. The summed E-state index contributed by atoms with van der Waals surface area (Å²) in [4.78, 5) is 11.3. The second-order valence-electron chi connectivity index (χ2n) is 5.15. The van der Waals surface area contributed by atoms with Crippen molar-refractivity contribution in [1.29, 1.82) is 0 Å². The molecule has 21 heavy (non-hydrogen) atoms. The maximum absolute atomic E-state index is 11.3. The molecule has 6 nitrogen and oxygen atoms in total. The molecule has 0 fully saturated rings. The average molecular weight is 287 g/mol. The van der Waals surface area contributed by atoms with E-state index in [2.05, 4.69) is 10.2 Å². The Kier molecular flexibility index (Phi) is 3.60. The van der Waals surface area contributed by atoms with Gasteiger partial charge in [0.1, 0.15) is 23.3 Å². The van der Waals surface area contributed by atoms with E-state index in [9.17, 15) is 9.90 Å². The summed E-state index contributed by atoms with van der Waals surface area (Å²) in [5, 5.41) is 17.6. The van der Waals surface area contributed by atoms with E-state index >= 15 is 0 Å². The smallest absolute Gasteiger partial charge is 0.314 e. The fourth-order valence-electron chi connectivity index (χ4n) is 2.82. The first-order chi connectivity index (χ1) is 10.2. The summed E-state index contributed by atoms with van der Waals surface area (Å²) in [6.45, 7) is 0.774. The van der Waals surface area contributed by atoms with Crippen LogP contribution in [-0.2, 0) is 17.8 Å². The van der Waals surface area contributed by atoms with Crippen molar-refractivity contribution in [2.45, 2.75) is 31.7 Å². The number of ether oxygens (including phenoxy) is 1. The van der Waals surface area contributed by atoms with Crippen LogP contribution in [0.15, 0.2) is 24.3 Å². The third-order valence-corrected chi connectivity index (χ3v) is 3.88. The number of fused-ring (bicyclic) bond motifs is 1. The van der Waals surface area contributed by atoms with Crippen molar-refractivity contribution in [3.05, 3.63) is 41.5 Å². The number of carbonyl (C=O) groups is 1. The summed E-state index contributed by atoms with van der Waals surface area (Å²) in [5.74, 6) is 0.796. The summed E-state index contributed by atoms with van der Waals surface area (Å²) in [6.07, 6.45) is 2.05. The van der Waals surface area contributed by atoms with Gasteiger partial charge >= 0.3 is 5.97 Å². The van der Waals surface area contributed by atoms with Crippen molar-refractivity contribution in [2.24, 2.45) is 0 Å². The Hall–Kier alpha value is -2.37. The van der Waals surface area contributed by atoms with Gasteiger partial charge in [-0.25, -0.2) is 0 Å². The van der Waals surface area contributed by atoms with Crippen LogP contribution in [0.2, 0.25) is 0 Å². The lowest BCUT2D eigenvalue weighted by molar-refractivity contribution is -0.139. The molecule has 1 aliphatic rings. The van der Waals surface area contributed by atoms with Gasteiger partial charge < -0.3 is 14.4 Å². The minimum Gasteiger partial charge on any atom is -0.496 e. The van der Waals surface area contributed by atoms with Gasteiger partial charge in [-0.1, -0.05) is 18.2 Å². The van der Waals surface area contributed by atoms with E-state index in [0.717, 1.165) is 30.1 Å². The normalized spacial score (nSPS) is 17.3. The molecule has 0 spiro atoms. The fraction of sp³-hybridized carbons (Fsp3) is 0.400. The van der Waals surface area contributed by atoms with E-state index in [1.807, 2.05) is 28.8 Å². The number of carboxylic acids is 1. The number of methoxy groups -OCH3 is 1. The maximum Gasteiger partial charge on any atom is 0.314 e. The Morgan fingerprint density at radius 1 is 1.43 bits per heavy atom. The highest BCUT2D eigenvalue weighted by molar-refractivity contribution is 5.75. The van der Waals surface area contributed by atoms with Gasteiger partial charge in [0.2, 0.25) is 0 Å². The summed E-state index contributed by atoms with van der Waals surface area (Å²) in [5.41, 5.74) is 1.02. The molecule has 0 aliphatic carbocycles. The molecule has 110 valence electrons. The number of hydrogen-bond donors (Lipinski definition) is 1. The van der Waals surface area contributed by atoms with Crippen LogP contribution in [-0.4, -0.2) is 33.0 Å². The van der Waals surface area contributed by atoms with E-state index in [1.165, 1.54) is 0 Å². The minimum atomic E-state index is -0.827. The molecule has 3 rings (SSSR count). The summed E-state index contributed by atoms with van der Waals surface area (Å²) >= 11 is 0. The zero-order chi connectivity index (χ0) is 14.8. The zero-order valence-corrected chi connectivity index (χ0v) is 11.8. The molecule has 0 amide bonds. The molecule has 6 heteroatoms. The third-order valence-electron chi connectivity index (χ3n) is 3.88. The summed E-state index contributed by atoms with van der Waals surface area (Å²) in [6, 6.07) is 7.76. The number of para-hydroxylation sites is 1. The minimum absolute atomic E-state index is 0.544. The number of nitrogens with zero attached hydrogens (tertiary/aromatic N) is 3. The van der Waals surface area contributed by atoms with Crippen LogP contribution in [0.3, 0.4) is 0 Å². The molecule has 0 saturated carbocycles. The van der Waals surface area contributed by atoms with E-state index < -0.39 is 11.9 Å². The number of aromatic nitrogens is 3. The van der Waals surface area contributed by atoms with Gasteiger partial charge in [-0.05, 0) is 18.9 Å². The highest BCUT2D eigenvalue weighted by Gasteiger charge is 2.30. The van der Waals surface area contributed by atoms with E-state index in [-0.39, 0.29) is 0 Å². The molecule has 0 saturated heterocycles. The average Bonchev–Trinajstić information content (AvgIpc) is 2.91. The van der Waals surface area contributed by atoms with Crippen molar-refractivity contribution >= 4 is 5.97 Å². The summed E-state index contributed by atoms with van der Waals surface area (Å²) in [7, 11) is 1.64. The molecular weight excluding hydrogens is 270 g/mol. The number of aliphatic carboxylic acids is 1. The molecule has 1 aromatic carbocycles. The van der Waals surface area contributed by atoms with Gasteiger partial charge in [0.25, 0.3) is 0 Å². The van der Waals surface area contributed by atoms with E-state index in [4.69, 9.17) is 4.74 Å². The van der Waals surface area contributed by atoms with Crippen LogP contribution >= 0.6 is 0 Å². The lowest BCUT2D eigenvalue weighted by atomic mass is 9.99. The molecule has 1 unspecified atom stereocenters. The molecule has 2 heterocycles. The zero-order valence-electron chi connectivity index (χ0n) is 11.8. The fourth-order valence-corrected chi connectivity index (χ4v) is 2.82. The van der Waals surface area contributed by atoms with Crippen molar-refractivity contribution in [3.8, 4) is 5.75 Å². The van der Waals surface area contributed by atoms with Crippen LogP contribution in [0.25, 0.3) is 0 Å². The predicted octanol–water partition coefficient (Wildman–Crippen LogP) is 1.84. The van der Waals surface area contributed by atoms with Gasteiger partial charge in [-0.15, -0.1) is 10.2 Å². The number of hydrogen-bond acceptors (Lipinski definition) is 4.